The summed E-state index contributed by atoms with van der Waals surface area (Å²) in [6.45, 7) is 0. The van der Waals surface area contributed by atoms with Crippen LogP contribution >= 0.6 is 0 Å². The standard InChI is InChI=1S/C17H15N5O2/c1-24-16-8-12(4-6-20-16)14-7-15(11-19-10-14)21-22-17(23)13-3-2-5-18-9-13/h2-11,21H,1H3,(H,22,23). The van der Waals surface area contributed by atoms with Crippen LogP contribution < -0.4 is 15.6 Å². The number of carbonyl (C=O) groups is 1. The summed E-state index contributed by atoms with van der Waals surface area (Å²) in [5.74, 6) is 0.245. The van der Waals surface area contributed by atoms with Crippen LogP contribution in [0.5, 0.6) is 5.88 Å². The van der Waals surface area contributed by atoms with Crippen LogP contribution in [0.15, 0.2) is 61.3 Å². The van der Waals surface area contributed by atoms with Gasteiger partial charge < -0.3 is 4.74 Å². The third-order valence-corrected chi connectivity index (χ3v) is 3.26. The van der Waals surface area contributed by atoms with E-state index in [4.69, 9.17) is 4.74 Å². The number of rotatable bonds is 5. The molecule has 0 unspecified atom stereocenters. The number of hydrogen-bond acceptors (Lipinski definition) is 6. The first-order chi connectivity index (χ1) is 11.8. The lowest BCUT2D eigenvalue weighted by Gasteiger charge is -2.10. The molecule has 7 nitrogen and oxygen atoms in total. The first-order valence-electron chi connectivity index (χ1n) is 7.18. The highest BCUT2D eigenvalue weighted by Gasteiger charge is 2.06. The second-order valence-corrected chi connectivity index (χ2v) is 4.87. The predicted octanol–water partition coefficient (Wildman–Crippen LogP) is 2.30. The number of hydrazine groups is 1. The molecule has 0 fully saturated rings. The van der Waals surface area contributed by atoms with Crippen LogP contribution in [-0.4, -0.2) is 28.0 Å². The maximum atomic E-state index is 12.0. The molecule has 3 rings (SSSR count). The number of aromatic nitrogens is 3. The van der Waals surface area contributed by atoms with Crippen molar-refractivity contribution < 1.29 is 9.53 Å². The average molecular weight is 321 g/mol. The fraction of sp³-hybridized carbons (Fsp3) is 0.0588. The summed E-state index contributed by atoms with van der Waals surface area (Å²) in [6, 6.07) is 8.92. The lowest BCUT2D eigenvalue weighted by Crippen LogP contribution is -2.29. The molecule has 0 aliphatic heterocycles. The fourth-order valence-electron chi connectivity index (χ4n) is 2.06. The van der Waals surface area contributed by atoms with Gasteiger partial charge in [0.2, 0.25) is 5.88 Å². The summed E-state index contributed by atoms with van der Waals surface area (Å²) < 4.78 is 5.12. The van der Waals surface area contributed by atoms with Gasteiger partial charge in [-0.2, -0.15) is 0 Å². The second kappa shape index (κ2) is 7.19. The number of pyridine rings is 3. The first kappa shape index (κ1) is 15.4. The van der Waals surface area contributed by atoms with Gasteiger partial charge in [-0.3, -0.25) is 25.6 Å². The number of methoxy groups -OCH3 is 1. The molecule has 24 heavy (non-hydrogen) atoms. The van der Waals surface area contributed by atoms with Gasteiger partial charge in [-0.05, 0) is 29.8 Å². The van der Waals surface area contributed by atoms with Gasteiger partial charge in [0, 0.05) is 36.4 Å². The van der Waals surface area contributed by atoms with E-state index in [2.05, 4.69) is 25.8 Å². The van der Waals surface area contributed by atoms with E-state index >= 15 is 0 Å². The Morgan fingerprint density at radius 2 is 1.96 bits per heavy atom. The van der Waals surface area contributed by atoms with E-state index < -0.39 is 0 Å². The molecule has 7 heteroatoms. The molecule has 3 aromatic rings. The molecule has 2 N–H and O–H groups in total. The van der Waals surface area contributed by atoms with Gasteiger partial charge in [0.05, 0.1) is 24.6 Å². The minimum absolute atomic E-state index is 0.279. The third-order valence-electron chi connectivity index (χ3n) is 3.26. The summed E-state index contributed by atoms with van der Waals surface area (Å²) >= 11 is 0. The molecule has 3 heterocycles. The van der Waals surface area contributed by atoms with E-state index in [-0.39, 0.29) is 5.91 Å². The number of anilines is 1. The number of hydrogen-bond donors (Lipinski definition) is 2. The number of ether oxygens (including phenoxy) is 1. The van der Waals surface area contributed by atoms with E-state index in [1.807, 2.05) is 18.2 Å². The Kier molecular flexibility index (Phi) is 4.62. The number of nitrogens with zero attached hydrogens (tertiary/aromatic N) is 3. The zero-order valence-corrected chi connectivity index (χ0v) is 12.9. The molecule has 0 spiro atoms. The van der Waals surface area contributed by atoms with Crippen molar-refractivity contribution in [2.24, 2.45) is 0 Å². The highest BCUT2D eigenvalue weighted by atomic mass is 16.5. The van der Waals surface area contributed by atoms with E-state index in [1.54, 1.807) is 44.0 Å². The van der Waals surface area contributed by atoms with Gasteiger partial charge in [-0.25, -0.2) is 4.98 Å². The van der Waals surface area contributed by atoms with Crippen molar-refractivity contribution in [2.75, 3.05) is 12.5 Å². The molecular formula is C17H15N5O2. The SMILES string of the molecule is COc1cc(-c2cncc(NNC(=O)c3cccnc3)c2)ccn1. The Balaban J connectivity index is 1.72. The molecule has 1 amide bonds. The molecule has 3 aromatic heterocycles. The number of amides is 1. The van der Waals surface area contributed by atoms with E-state index in [9.17, 15) is 4.79 Å². The van der Waals surface area contributed by atoms with E-state index in [1.165, 1.54) is 6.20 Å². The zero-order valence-electron chi connectivity index (χ0n) is 12.9. The Hall–Kier alpha value is -3.48. The highest BCUT2D eigenvalue weighted by Crippen LogP contribution is 2.23. The fourth-order valence-corrected chi connectivity index (χ4v) is 2.06. The van der Waals surface area contributed by atoms with Crippen LogP contribution in [0.1, 0.15) is 10.4 Å². The second-order valence-electron chi connectivity index (χ2n) is 4.87. The van der Waals surface area contributed by atoms with E-state index in [0.29, 0.717) is 17.1 Å². The smallest absolute Gasteiger partial charge is 0.271 e. The van der Waals surface area contributed by atoms with Crippen molar-refractivity contribution in [3.8, 4) is 17.0 Å². The van der Waals surface area contributed by atoms with Gasteiger partial charge >= 0.3 is 0 Å². The molecule has 0 aliphatic rings. The van der Waals surface area contributed by atoms with Gasteiger partial charge in [0.1, 0.15) is 0 Å². The molecule has 0 saturated heterocycles. The van der Waals surface area contributed by atoms with Crippen molar-refractivity contribution in [3.05, 3.63) is 66.9 Å². The summed E-state index contributed by atoms with van der Waals surface area (Å²) in [6.07, 6.45) is 8.11. The highest BCUT2D eigenvalue weighted by molar-refractivity contribution is 5.94. The van der Waals surface area contributed by atoms with Crippen molar-refractivity contribution in [3.63, 3.8) is 0 Å². The average Bonchev–Trinajstić information content (AvgIpc) is 2.67. The lowest BCUT2D eigenvalue weighted by molar-refractivity contribution is 0.0962. The van der Waals surface area contributed by atoms with Crippen LogP contribution in [0.2, 0.25) is 0 Å². The first-order valence-corrected chi connectivity index (χ1v) is 7.18. The minimum atomic E-state index is -0.279. The molecule has 0 radical (unpaired) electrons. The normalized spacial score (nSPS) is 10.0. The quantitative estimate of drug-likeness (QED) is 0.701. The summed E-state index contributed by atoms with van der Waals surface area (Å²) in [5.41, 5.74) is 8.36. The maximum absolute atomic E-state index is 12.0. The molecule has 0 aromatic carbocycles. The van der Waals surface area contributed by atoms with Gasteiger partial charge in [0.15, 0.2) is 0 Å². The molecule has 0 bridgehead atoms. The Labute approximate surface area is 138 Å². The monoisotopic (exact) mass is 321 g/mol. The van der Waals surface area contributed by atoms with Crippen molar-refractivity contribution in [2.45, 2.75) is 0 Å². The van der Waals surface area contributed by atoms with Crippen LogP contribution in [0.25, 0.3) is 11.1 Å². The van der Waals surface area contributed by atoms with Crippen LogP contribution in [-0.2, 0) is 0 Å². The molecule has 0 saturated carbocycles. The molecular weight excluding hydrogens is 306 g/mol. The van der Waals surface area contributed by atoms with Crippen molar-refractivity contribution >= 4 is 11.6 Å². The van der Waals surface area contributed by atoms with Gasteiger partial charge in [0.25, 0.3) is 5.91 Å². The van der Waals surface area contributed by atoms with Crippen molar-refractivity contribution in [1.29, 1.82) is 0 Å². The predicted molar refractivity (Wildman–Crippen MR) is 89.3 cm³/mol. The van der Waals surface area contributed by atoms with Crippen LogP contribution in [0.3, 0.4) is 0 Å². The lowest BCUT2D eigenvalue weighted by atomic mass is 10.1. The Morgan fingerprint density at radius 1 is 1.04 bits per heavy atom. The van der Waals surface area contributed by atoms with Crippen LogP contribution in [0, 0.1) is 0 Å². The summed E-state index contributed by atoms with van der Waals surface area (Å²) in [4.78, 5) is 24.2. The molecule has 120 valence electrons. The molecule has 0 aliphatic carbocycles. The minimum Gasteiger partial charge on any atom is -0.481 e. The summed E-state index contributed by atoms with van der Waals surface area (Å²) in [7, 11) is 1.57. The maximum Gasteiger partial charge on any atom is 0.271 e. The van der Waals surface area contributed by atoms with Gasteiger partial charge in [-0.1, -0.05) is 0 Å². The third kappa shape index (κ3) is 3.64. The molecule has 0 atom stereocenters. The van der Waals surface area contributed by atoms with E-state index in [0.717, 1.165) is 11.1 Å². The van der Waals surface area contributed by atoms with Crippen molar-refractivity contribution in [1.82, 2.24) is 20.4 Å². The Bertz CT molecular complexity index is 839. The Morgan fingerprint density at radius 3 is 2.75 bits per heavy atom. The number of carbonyl (C=O) groups excluding carboxylic acids is 1. The largest absolute Gasteiger partial charge is 0.481 e. The number of nitrogens with one attached hydrogen (secondary N) is 2. The zero-order chi connectivity index (χ0) is 16.8. The topological polar surface area (TPSA) is 89.0 Å². The van der Waals surface area contributed by atoms with Crippen LogP contribution in [0.4, 0.5) is 5.69 Å². The van der Waals surface area contributed by atoms with Gasteiger partial charge in [-0.15, -0.1) is 0 Å². The summed E-state index contributed by atoms with van der Waals surface area (Å²) in [5, 5.41) is 0.